The molecule has 4 aromatic carbocycles. The molecule has 0 saturated heterocycles. The SMILES string of the molecule is CCOc1cc(/C=C(\C#N)C(=O)Nc2cccc(OC)c2)cc(Br)c1OCc1cccc2ccccc12. The molecule has 186 valence electrons. The molecule has 0 aliphatic heterocycles. The molecule has 0 fully saturated rings. The van der Waals surface area contributed by atoms with Crippen molar-refractivity contribution in [2.45, 2.75) is 13.5 Å². The molecule has 4 aromatic rings. The van der Waals surface area contributed by atoms with Crippen LogP contribution in [0.25, 0.3) is 16.8 Å². The molecule has 1 amide bonds. The molecule has 0 saturated carbocycles. The molecular weight excluding hydrogens is 532 g/mol. The summed E-state index contributed by atoms with van der Waals surface area (Å²) in [6, 6.07) is 26.7. The Morgan fingerprint density at radius 1 is 1.03 bits per heavy atom. The zero-order valence-electron chi connectivity index (χ0n) is 20.5. The zero-order chi connectivity index (χ0) is 26.2. The fourth-order valence-corrected chi connectivity index (χ4v) is 4.43. The largest absolute Gasteiger partial charge is 0.497 e. The van der Waals surface area contributed by atoms with Crippen molar-refractivity contribution in [3.63, 3.8) is 0 Å². The number of amides is 1. The molecule has 1 N–H and O–H groups in total. The Hall–Kier alpha value is -4.28. The summed E-state index contributed by atoms with van der Waals surface area (Å²) in [7, 11) is 1.55. The second-order valence-corrected chi connectivity index (χ2v) is 8.90. The molecule has 0 spiro atoms. The Kier molecular flexibility index (Phi) is 8.44. The smallest absolute Gasteiger partial charge is 0.266 e. The van der Waals surface area contributed by atoms with E-state index in [0.717, 1.165) is 16.3 Å². The Balaban J connectivity index is 1.58. The lowest BCUT2D eigenvalue weighted by Gasteiger charge is -2.16. The molecular formula is C30H25BrN2O4. The summed E-state index contributed by atoms with van der Waals surface area (Å²) in [5.41, 5.74) is 2.14. The first-order valence-electron chi connectivity index (χ1n) is 11.7. The van der Waals surface area contributed by atoms with Gasteiger partial charge in [-0.1, -0.05) is 48.5 Å². The Bertz CT molecular complexity index is 1500. The predicted octanol–water partition coefficient (Wildman–Crippen LogP) is 7.13. The topological polar surface area (TPSA) is 80.6 Å². The number of nitrogens with zero attached hydrogens (tertiary/aromatic N) is 1. The molecule has 7 heteroatoms. The fourth-order valence-electron chi connectivity index (χ4n) is 3.86. The number of nitriles is 1. The summed E-state index contributed by atoms with van der Waals surface area (Å²) >= 11 is 3.58. The molecule has 0 radical (unpaired) electrons. The van der Waals surface area contributed by atoms with Crippen LogP contribution < -0.4 is 19.5 Å². The molecule has 0 unspecified atom stereocenters. The van der Waals surface area contributed by atoms with Gasteiger partial charge < -0.3 is 19.5 Å². The minimum Gasteiger partial charge on any atom is -0.497 e. The number of nitrogens with one attached hydrogen (secondary N) is 1. The van der Waals surface area contributed by atoms with Crippen LogP contribution in [0.15, 0.2) is 88.9 Å². The lowest BCUT2D eigenvalue weighted by Crippen LogP contribution is -2.13. The molecule has 0 aliphatic rings. The van der Waals surface area contributed by atoms with Crippen LogP contribution in [-0.4, -0.2) is 19.6 Å². The molecule has 0 aliphatic carbocycles. The summed E-state index contributed by atoms with van der Waals surface area (Å²) < 4.78 is 17.9. The van der Waals surface area contributed by atoms with E-state index in [-0.39, 0.29) is 5.57 Å². The van der Waals surface area contributed by atoms with Crippen molar-refractivity contribution in [2.24, 2.45) is 0 Å². The van der Waals surface area contributed by atoms with Crippen molar-refractivity contribution in [3.8, 4) is 23.3 Å². The number of hydrogen-bond donors (Lipinski definition) is 1. The molecule has 6 nitrogen and oxygen atoms in total. The number of fused-ring (bicyclic) bond motifs is 1. The monoisotopic (exact) mass is 556 g/mol. The van der Waals surface area contributed by atoms with Crippen LogP contribution >= 0.6 is 15.9 Å². The molecule has 0 atom stereocenters. The van der Waals surface area contributed by atoms with Crippen molar-refractivity contribution in [1.29, 1.82) is 5.26 Å². The summed E-state index contributed by atoms with van der Waals surface area (Å²) in [5.74, 6) is 1.13. The number of hydrogen-bond acceptors (Lipinski definition) is 5. The van der Waals surface area contributed by atoms with Gasteiger partial charge in [-0.05, 0) is 75.1 Å². The van der Waals surface area contributed by atoms with Gasteiger partial charge >= 0.3 is 0 Å². The number of methoxy groups -OCH3 is 1. The maximum atomic E-state index is 12.8. The van der Waals surface area contributed by atoms with Gasteiger partial charge in [0.25, 0.3) is 5.91 Å². The number of carbonyl (C=O) groups excluding carboxylic acids is 1. The van der Waals surface area contributed by atoms with E-state index in [4.69, 9.17) is 14.2 Å². The van der Waals surface area contributed by atoms with Gasteiger partial charge in [-0.3, -0.25) is 4.79 Å². The zero-order valence-corrected chi connectivity index (χ0v) is 22.0. The summed E-state index contributed by atoms with van der Waals surface area (Å²) in [6.45, 7) is 2.65. The van der Waals surface area contributed by atoms with E-state index in [1.54, 1.807) is 43.5 Å². The first-order chi connectivity index (χ1) is 18.0. The number of rotatable bonds is 9. The van der Waals surface area contributed by atoms with Crippen LogP contribution in [0.4, 0.5) is 5.69 Å². The standard InChI is InChI=1S/C30H25BrN2O4/c1-3-36-28-16-20(14-23(18-32)30(34)33-24-11-7-12-25(17-24)35-2)15-27(31)29(28)37-19-22-10-6-9-21-8-4-5-13-26(21)22/h4-17H,3,19H2,1-2H3,(H,33,34)/b23-14+. The van der Waals surface area contributed by atoms with E-state index in [2.05, 4.69) is 39.4 Å². The Morgan fingerprint density at radius 3 is 2.59 bits per heavy atom. The number of ether oxygens (including phenoxy) is 3. The maximum absolute atomic E-state index is 12.8. The molecule has 37 heavy (non-hydrogen) atoms. The number of benzene rings is 4. The highest BCUT2D eigenvalue weighted by atomic mass is 79.9. The molecule has 0 aromatic heterocycles. The molecule has 4 rings (SSSR count). The van der Waals surface area contributed by atoms with Gasteiger partial charge in [-0.2, -0.15) is 5.26 Å². The van der Waals surface area contributed by atoms with Crippen molar-refractivity contribution in [2.75, 3.05) is 19.0 Å². The highest BCUT2D eigenvalue weighted by molar-refractivity contribution is 9.10. The van der Waals surface area contributed by atoms with Crippen LogP contribution in [0.1, 0.15) is 18.1 Å². The second-order valence-electron chi connectivity index (χ2n) is 8.05. The number of halogens is 1. The fraction of sp³-hybridized carbons (Fsp3) is 0.133. The van der Waals surface area contributed by atoms with Crippen LogP contribution in [0.5, 0.6) is 17.2 Å². The highest BCUT2D eigenvalue weighted by Crippen LogP contribution is 2.38. The minimum atomic E-state index is -0.527. The van der Waals surface area contributed by atoms with Gasteiger partial charge in [0.05, 0.1) is 18.2 Å². The van der Waals surface area contributed by atoms with E-state index in [0.29, 0.717) is 46.2 Å². The van der Waals surface area contributed by atoms with E-state index >= 15 is 0 Å². The Labute approximate surface area is 224 Å². The lowest BCUT2D eigenvalue weighted by molar-refractivity contribution is -0.112. The van der Waals surface area contributed by atoms with Crippen LogP contribution in [0.2, 0.25) is 0 Å². The quantitative estimate of drug-likeness (QED) is 0.175. The van der Waals surface area contributed by atoms with Gasteiger partial charge in [-0.15, -0.1) is 0 Å². The normalized spacial score (nSPS) is 11.0. The van der Waals surface area contributed by atoms with E-state index < -0.39 is 5.91 Å². The van der Waals surface area contributed by atoms with Gasteiger partial charge in [0.1, 0.15) is 24.0 Å². The first-order valence-corrected chi connectivity index (χ1v) is 12.4. The number of carbonyl (C=O) groups is 1. The minimum absolute atomic E-state index is 0.0541. The Morgan fingerprint density at radius 2 is 1.81 bits per heavy atom. The predicted molar refractivity (Wildman–Crippen MR) is 149 cm³/mol. The third kappa shape index (κ3) is 6.29. The third-order valence-corrected chi connectivity index (χ3v) is 6.18. The number of anilines is 1. The van der Waals surface area contributed by atoms with Gasteiger partial charge in [0.15, 0.2) is 11.5 Å². The summed E-state index contributed by atoms with van der Waals surface area (Å²) in [5, 5.41) is 14.7. The molecule has 0 bridgehead atoms. The van der Waals surface area contributed by atoms with Crippen molar-refractivity contribution >= 4 is 44.4 Å². The van der Waals surface area contributed by atoms with Crippen LogP contribution in [0, 0.1) is 11.3 Å². The van der Waals surface area contributed by atoms with Gasteiger partial charge in [-0.25, -0.2) is 0 Å². The van der Waals surface area contributed by atoms with Crippen molar-refractivity contribution in [3.05, 3.63) is 100 Å². The maximum Gasteiger partial charge on any atom is 0.266 e. The van der Waals surface area contributed by atoms with E-state index in [1.165, 1.54) is 6.08 Å². The van der Waals surface area contributed by atoms with Crippen molar-refractivity contribution in [1.82, 2.24) is 0 Å². The van der Waals surface area contributed by atoms with Crippen LogP contribution in [-0.2, 0) is 11.4 Å². The molecule has 0 heterocycles. The summed E-state index contributed by atoms with van der Waals surface area (Å²) in [6.07, 6.45) is 1.51. The first kappa shape index (κ1) is 25.8. The third-order valence-electron chi connectivity index (χ3n) is 5.59. The average Bonchev–Trinajstić information content (AvgIpc) is 2.91. The highest BCUT2D eigenvalue weighted by Gasteiger charge is 2.15. The lowest BCUT2D eigenvalue weighted by atomic mass is 10.1. The summed E-state index contributed by atoms with van der Waals surface area (Å²) in [4.78, 5) is 12.8. The van der Waals surface area contributed by atoms with Gasteiger partial charge in [0.2, 0.25) is 0 Å². The van der Waals surface area contributed by atoms with Gasteiger partial charge in [0, 0.05) is 11.8 Å². The van der Waals surface area contributed by atoms with Crippen LogP contribution in [0.3, 0.4) is 0 Å². The average molecular weight is 557 g/mol. The van der Waals surface area contributed by atoms with Crippen molar-refractivity contribution < 1.29 is 19.0 Å². The second kappa shape index (κ2) is 12.1. The van der Waals surface area contributed by atoms with E-state index in [9.17, 15) is 10.1 Å². The van der Waals surface area contributed by atoms with E-state index in [1.807, 2.05) is 37.3 Å².